The van der Waals surface area contributed by atoms with Gasteiger partial charge in [0.2, 0.25) is 0 Å². The summed E-state index contributed by atoms with van der Waals surface area (Å²) in [5.74, 6) is 1.33. The van der Waals surface area contributed by atoms with Crippen molar-refractivity contribution in [2.24, 2.45) is 5.73 Å². The average Bonchev–Trinajstić information content (AvgIpc) is 2.53. The monoisotopic (exact) mass is 369 g/mol. The Hall–Kier alpha value is -1.30. The lowest BCUT2D eigenvalue weighted by Crippen LogP contribution is -2.38. The summed E-state index contributed by atoms with van der Waals surface area (Å²) in [6.07, 6.45) is -0.263. The van der Waals surface area contributed by atoms with E-state index >= 15 is 0 Å². The third-order valence-electron chi connectivity index (χ3n) is 3.82. The van der Waals surface area contributed by atoms with Crippen molar-refractivity contribution in [3.05, 3.63) is 58.1 Å². The highest BCUT2D eigenvalue weighted by Gasteiger charge is 2.18. The van der Waals surface area contributed by atoms with E-state index in [4.69, 9.17) is 38.8 Å². The molecule has 0 bridgehead atoms. The summed E-state index contributed by atoms with van der Waals surface area (Å²) >= 11 is 11.9. The molecular weight excluding hydrogens is 349 g/mol. The van der Waals surface area contributed by atoms with Crippen molar-refractivity contribution in [2.75, 3.05) is 6.61 Å². The Morgan fingerprint density at radius 3 is 2.17 bits per heavy atom. The molecule has 24 heavy (non-hydrogen) atoms. The molecule has 0 aliphatic heterocycles. The Balaban J connectivity index is 2.02. The van der Waals surface area contributed by atoms with Crippen molar-refractivity contribution in [3.63, 3.8) is 0 Å². The Morgan fingerprint density at radius 1 is 1.04 bits per heavy atom. The van der Waals surface area contributed by atoms with Gasteiger partial charge in [0.25, 0.3) is 0 Å². The second-order valence-corrected chi connectivity index (χ2v) is 6.70. The summed E-state index contributed by atoms with van der Waals surface area (Å²) in [6, 6.07) is 12.0. The summed E-state index contributed by atoms with van der Waals surface area (Å²) in [4.78, 5) is 0. The number of aliphatic hydroxyl groups is 2. The van der Waals surface area contributed by atoms with Crippen LogP contribution < -0.4 is 10.5 Å². The van der Waals surface area contributed by atoms with Crippen LogP contribution in [0.1, 0.15) is 24.8 Å². The third kappa shape index (κ3) is 5.36. The minimum atomic E-state index is -0.741. The van der Waals surface area contributed by atoms with Gasteiger partial charge in [0.15, 0.2) is 0 Å². The minimum Gasteiger partial charge on any atom is -0.457 e. The van der Waals surface area contributed by atoms with E-state index in [1.54, 1.807) is 18.2 Å². The molecule has 0 heterocycles. The van der Waals surface area contributed by atoms with Gasteiger partial charge in [-0.05, 0) is 48.2 Å². The van der Waals surface area contributed by atoms with E-state index in [-0.39, 0.29) is 12.5 Å². The smallest absolute Gasteiger partial charge is 0.130 e. The normalized spacial score (nSPS) is 14.9. The van der Waals surface area contributed by atoms with E-state index in [2.05, 4.69) is 0 Å². The quantitative estimate of drug-likeness (QED) is 0.690. The predicted octanol–water partition coefficient (Wildman–Crippen LogP) is 3.96. The van der Waals surface area contributed by atoms with E-state index in [9.17, 15) is 5.11 Å². The lowest BCUT2D eigenvalue weighted by molar-refractivity contribution is 0.0965. The fraction of sp³-hybridized carbons (Fsp3) is 0.333. The highest BCUT2D eigenvalue weighted by atomic mass is 35.5. The van der Waals surface area contributed by atoms with Gasteiger partial charge in [-0.2, -0.15) is 0 Å². The third-order valence-corrected chi connectivity index (χ3v) is 4.26. The summed E-state index contributed by atoms with van der Waals surface area (Å²) in [5, 5.41) is 19.9. The average molecular weight is 370 g/mol. The standard InChI is InChI=1S/C18H21Cl2NO3/c1-11(6-18(23)17(21)10-22)12-2-4-15(5-3-12)24-16-8-13(19)7-14(20)9-16/h2-5,7-9,11,17-18,22-23H,6,10,21H2,1H3. The molecule has 0 aliphatic carbocycles. The van der Waals surface area contributed by atoms with E-state index < -0.39 is 12.1 Å². The molecule has 0 saturated heterocycles. The molecule has 0 aromatic heterocycles. The molecule has 130 valence electrons. The van der Waals surface area contributed by atoms with Crippen LogP contribution in [0.15, 0.2) is 42.5 Å². The van der Waals surface area contributed by atoms with Gasteiger partial charge in [0.05, 0.1) is 18.8 Å². The molecule has 3 unspecified atom stereocenters. The zero-order chi connectivity index (χ0) is 17.7. The van der Waals surface area contributed by atoms with E-state index in [0.717, 1.165) is 5.56 Å². The second kappa shape index (κ2) is 8.70. The largest absolute Gasteiger partial charge is 0.457 e. The van der Waals surface area contributed by atoms with Crippen molar-refractivity contribution in [1.29, 1.82) is 0 Å². The molecule has 0 radical (unpaired) electrons. The zero-order valence-electron chi connectivity index (χ0n) is 13.3. The molecule has 0 aliphatic rings. The van der Waals surface area contributed by atoms with Crippen LogP contribution in [0, 0.1) is 0 Å². The van der Waals surface area contributed by atoms with Gasteiger partial charge in [0.1, 0.15) is 11.5 Å². The summed E-state index contributed by atoms with van der Waals surface area (Å²) in [7, 11) is 0. The molecule has 4 nitrogen and oxygen atoms in total. The number of hydrogen-bond donors (Lipinski definition) is 3. The molecule has 0 saturated carbocycles. The SMILES string of the molecule is CC(CC(O)C(N)CO)c1ccc(Oc2cc(Cl)cc(Cl)c2)cc1. The van der Waals surface area contributed by atoms with Crippen molar-refractivity contribution in [1.82, 2.24) is 0 Å². The maximum atomic E-state index is 9.92. The van der Waals surface area contributed by atoms with E-state index in [1.165, 1.54) is 0 Å². The van der Waals surface area contributed by atoms with Crippen LogP contribution in [0.4, 0.5) is 0 Å². The molecule has 0 spiro atoms. The van der Waals surface area contributed by atoms with Gasteiger partial charge < -0.3 is 20.7 Å². The van der Waals surface area contributed by atoms with Crippen LogP contribution in [0.25, 0.3) is 0 Å². The second-order valence-electron chi connectivity index (χ2n) is 5.83. The number of nitrogens with two attached hydrogens (primary N) is 1. The first kappa shape index (κ1) is 19.0. The van der Waals surface area contributed by atoms with Gasteiger partial charge in [0, 0.05) is 10.0 Å². The Kier molecular flexibility index (Phi) is 6.90. The van der Waals surface area contributed by atoms with Crippen LogP contribution in [-0.4, -0.2) is 29.0 Å². The van der Waals surface area contributed by atoms with Gasteiger partial charge >= 0.3 is 0 Å². The lowest BCUT2D eigenvalue weighted by Gasteiger charge is -2.21. The van der Waals surface area contributed by atoms with Gasteiger partial charge in [-0.15, -0.1) is 0 Å². The Labute approximate surface area is 151 Å². The number of rotatable bonds is 7. The van der Waals surface area contributed by atoms with E-state index in [0.29, 0.717) is 28.0 Å². The van der Waals surface area contributed by atoms with Crippen LogP contribution in [-0.2, 0) is 0 Å². The number of benzene rings is 2. The molecule has 2 rings (SSSR count). The molecule has 2 aromatic carbocycles. The number of ether oxygens (including phenoxy) is 1. The van der Waals surface area contributed by atoms with Gasteiger partial charge in [-0.1, -0.05) is 42.3 Å². The van der Waals surface area contributed by atoms with Crippen LogP contribution >= 0.6 is 23.2 Å². The number of halogens is 2. The number of aliphatic hydroxyl groups excluding tert-OH is 2. The molecule has 0 amide bonds. The molecule has 4 N–H and O–H groups in total. The predicted molar refractivity (Wildman–Crippen MR) is 97.1 cm³/mol. The minimum absolute atomic E-state index is 0.104. The fourth-order valence-electron chi connectivity index (χ4n) is 2.38. The van der Waals surface area contributed by atoms with Gasteiger partial charge in [-0.3, -0.25) is 0 Å². The first-order valence-electron chi connectivity index (χ1n) is 7.67. The van der Waals surface area contributed by atoms with E-state index in [1.807, 2.05) is 31.2 Å². The van der Waals surface area contributed by atoms with Crippen LogP contribution in [0.2, 0.25) is 10.0 Å². The topological polar surface area (TPSA) is 75.7 Å². The first-order valence-corrected chi connectivity index (χ1v) is 8.43. The highest BCUT2D eigenvalue weighted by Crippen LogP contribution is 2.30. The maximum absolute atomic E-state index is 9.92. The summed E-state index contributed by atoms with van der Waals surface area (Å²) in [6.45, 7) is 1.77. The van der Waals surface area contributed by atoms with Crippen molar-refractivity contribution < 1.29 is 14.9 Å². The lowest BCUT2D eigenvalue weighted by atomic mass is 9.92. The maximum Gasteiger partial charge on any atom is 0.130 e. The number of hydrogen-bond acceptors (Lipinski definition) is 4. The Morgan fingerprint density at radius 2 is 1.62 bits per heavy atom. The van der Waals surface area contributed by atoms with Crippen molar-refractivity contribution in [3.8, 4) is 11.5 Å². The highest BCUT2D eigenvalue weighted by molar-refractivity contribution is 6.34. The summed E-state index contributed by atoms with van der Waals surface area (Å²) in [5.41, 5.74) is 6.69. The fourth-order valence-corrected chi connectivity index (χ4v) is 2.89. The molecule has 2 aromatic rings. The molecule has 0 fully saturated rings. The Bertz CT molecular complexity index is 644. The van der Waals surface area contributed by atoms with Crippen LogP contribution in [0.5, 0.6) is 11.5 Å². The molecular formula is C18H21Cl2NO3. The zero-order valence-corrected chi connectivity index (χ0v) is 14.8. The molecule has 6 heteroatoms. The first-order chi connectivity index (χ1) is 11.4. The molecule has 3 atom stereocenters. The van der Waals surface area contributed by atoms with Crippen molar-refractivity contribution in [2.45, 2.75) is 31.4 Å². The summed E-state index contributed by atoms with van der Waals surface area (Å²) < 4.78 is 5.74. The van der Waals surface area contributed by atoms with Gasteiger partial charge in [-0.25, -0.2) is 0 Å². The van der Waals surface area contributed by atoms with Crippen LogP contribution in [0.3, 0.4) is 0 Å². The van der Waals surface area contributed by atoms with Crippen molar-refractivity contribution >= 4 is 23.2 Å².